The second-order valence-electron chi connectivity index (χ2n) is 11.7. The van der Waals surface area contributed by atoms with Gasteiger partial charge in [0.25, 0.3) is 0 Å². The number of carbonyl (C=O) groups excluding carboxylic acids is 6. The maximum absolute atomic E-state index is 13.5. The number of amides is 6. The highest BCUT2D eigenvalue weighted by molar-refractivity contribution is 5.94. The fourth-order valence-corrected chi connectivity index (χ4v) is 4.65. The highest BCUT2D eigenvalue weighted by Crippen LogP contribution is 2.09. The molecule has 47 heavy (non-hydrogen) atoms. The van der Waals surface area contributed by atoms with E-state index in [9.17, 15) is 28.8 Å². The van der Waals surface area contributed by atoms with E-state index in [2.05, 4.69) is 36.9 Å². The summed E-state index contributed by atoms with van der Waals surface area (Å²) in [4.78, 5) is 81.6. The van der Waals surface area contributed by atoms with Crippen LogP contribution in [0, 0.1) is 5.92 Å². The van der Waals surface area contributed by atoms with Crippen LogP contribution in [-0.4, -0.2) is 105 Å². The number of ether oxygens (including phenoxy) is 1. The Morgan fingerprint density at radius 3 is 1.94 bits per heavy atom. The molecule has 0 aromatic carbocycles. The molecule has 0 unspecified atom stereocenters. The first-order valence-corrected chi connectivity index (χ1v) is 16.2. The molecule has 0 aliphatic carbocycles. The zero-order chi connectivity index (χ0) is 35.2. The molecule has 6 amide bonds. The Hall–Kier alpha value is -4.03. The summed E-state index contributed by atoms with van der Waals surface area (Å²) in [5.41, 5.74) is 22.2. The molecule has 1 rings (SSSR count). The molecule has 0 aromatic rings. The van der Waals surface area contributed by atoms with E-state index in [1.54, 1.807) is 0 Å². The fourth-order valence-electron chi connectivity index (χ4n) is 4.65. The molecule has 1 aliphatic rings. The second-order valence-corrected chi connectivity index (χ2v) is 11.7. The van der Waals surface area contributed by atoms with Crippen LogP contribution in [0.4, 0.5) is 0 Å². The number of rotatable bonds is 11. The molecule has 1 fully saturated rings. The predicted molar refractivity (Wildman–Crippen MR) is 175 cm³/mol. The van der Waals surface area contributed by atoms with Crippen LogP contribution in [0.3, 0.4) is 0 Å². The minimum Gasteiger partial charge on any atom is -0.370 e. The van der Waals surface area contributed by atoms with Crippen LogP contribution in [0.1, 0.15) is 71.6 Å². The van der Waals surface area contributed by atoms with E-state index in [0.717, 1.165) is 0 Å². The van der Waals surface area contributed by atoms with Crippen LogP contribution < -0.4 is 54.8 Å². The summed E-state index contributed by atoms with van der Waals surface area (Å²) in [6.07, 6.45) is 3.03. The van der Waals surface area contributed by atoms with Crippen molar-refractivity contribution in [2.45, 2.75) is 95.8 Å². The Balaban J connectivity index is 3.27. The number of hydrogen-bond donors (Lipinski definition) is 10. The van der Waals surface area contributed by atoms with Crippen molar-refractivity contribution in [3.8, 4) is 0 Å². The summed E-state index contributed by atoms with van der Waals surface area (Å²) < 4.78 is 5.48. The molecule has 1 aliphatic heterocycles. The molecule has 1 saturated heterocycles. The summed E-state index contributed by atoms with van der Waals surface area (Å²) in [7, 11) is 0. The number of aliphatic imine (C=N–C) groups is 1. The van der Waals surface area contributed by atoms with Gasteiger partial charge in [-0.3, -0.25) is 28.8 Å². The Morgan fingerprint density at radius 2 is 1.36 bits per heavy atom. The van der Waals surface area contributed by atoms with Gasteiger partial charge < -0.3 is 59.6 Å². The number of hydrogen-bond acceptors (Lipinski definition) is 10. The minimum absolute atomic E-state index is 0.0159. The zero-order valence-electron chi connectivity index (χ0n) is 27.6. The summed E-state index contributed by atoms with van der Waals surface area (Å²) in [6, 6.07) is -3.99. The van der Waals surface area contributed by atoms with Gasteiger partial charge in [0.15, 0.2) is 5.96 Å². The summed E-state index contributed by atoms with van der Waals surface area (Å²) in [5.74, 6) is -3.66. The topological polar surface area (TPSA) is 300 Å². The highest BCUT2D eigenvalue weighted by Gasteiger charge is 2.30. The molecule has 18 heteroatoms. The molecular formula is C29H55N11O7. The molecule has 0 aromatic heterocycles. The van der Waals surface area contributed by atoms with Gasteiger partial charge in [-0.2, -0.15) is 0 Å². The second kappa shape index (κ2) is 23.3. The lowest BCUT2D eigenvalue weighted by Crippen LogP contribution is -2.57. The van der Waals surface area contributed by atoms with Gasteiger partial charge in [-0.1, -0.05) is 13.8 Å². The van der Waals surface area contributed by atoms with Crippen LogP contribution >= 0.6 is 0 Å². The van der Waals surface area contributed by atoms with E-state index >= 15 is 0 Å². The van der Waals surface area contributed by atoms with E-state index in [4.69, 9.17) is 27.7 Å². The average molecular weight is 670 g/mol. The van der Waals surface area contributed by atoms with Crippen molar-refractivity contribution in [3.63, 3.8) is 0 Å². The monoisotopic (exact) mass is 669 g/mol. The van der Waals surface area contributed by atoms with Gasteiger partial charge >= 0.3 is 0 Å². The number of nitrogens with one attached hydrogen (secondary N) is 6. The third kappa shape index (κ3) is 18.0. The van der Waals surface area contributed by atoms with Crippen molar-refractivity contribution in [2.75, 3.05) is 39.5 Å². The SMILES string of the molecule is CC(C)C[C@@H]1NC(=O)CCNC(=O)CNC(=O)[C@H](N=C(N)N)CCOCNC(=O)[C@H](CCCCN)NC(=O)[C@H](CCCCN)NC1=O. The molecule has 0 spiro atoms. The number of nitrogens with two attached hydrogens (primary N) is 4. The minimum atomic E-state index is -1.07. The Kier molecular flexibility index (Phi) is 20.3. The maximum Gasteiger partial charge on any atom is 0.245 e. The fraction of sp³-hybridized carbons (Fsp3) is 0.759. The molecule has 1 heterocycles. The first-order valence-electron chi connectivity index (χ1n) is 16.2. The third-order valence-corrected chi connectivity index (χ3v) is 7.11. The number of unbranched alkanes of at least 4 members (excludes halogenated alkanes) is 2. The van der Waals surface area contributed by atoms with Crippen LogP contribution in [0.2, 0.25) is 0 Å². The third-order valence-electron chi connectivity index (χ3n) is 7.11. The van der Waals surface area contributed by atoms with Crippen molar-refractivity contribution in [2.24, 2.45) is 33.8 Å². The van der Waals surface area contributed by atoms with Crippen molar-refractivity contribution < 1.29 is 33.5 Å². The van der Waals surface area contributed by atoms with Crippen molar-refractivity contribution in [3.05, 3.63) is 0 Å². The van der Waals surface area contributed by atoms with Crippen LogP contribution in [0.15, 0.2) is 4.99 Å². The standard InChI is InChI=1S/C29H55N11O7/c1-18(2)15-22-28(46)39-20(8-4-6-12-31)27(45)38-19(7-3-5-11-30)26(44)36-17-47-14-10-21(40-29(32)33)25(43)35-16-24(42)34-13-9-23(41)37-22/h18-22H,3-17,30-31H2,1-2H3,(H,34,42)(H,35,43)(H,36,44)(H,37,41)(H,38,45)(H,39,46)(H4,32,33,40)/t19-,20-,21+,22-/m0/s1. The molecule has 18 nitrogen and oxygen atoms in total. The smallest absolute Gasteiger partial charge is 0.245 e. The van der Waals surface area contributed by atoms with E-state index in [1.165, 1.54) is 0 Å². The summed E-state index contributed by atoms with van der Waals surface area (Å²) >= 11 is 0. The van der Waals surface area contributed by atoms with E-state index in [0.29, 0.717) is 38.8 Å². The van der Waals surface area contributed by atoms with E-state index < -0.39 is 66.2 Å². The number of nitrogens with zero attached hydrogens (tertiary/aromatic N) is 1. The summed E-state index contributed by atoms with van der Waals surface area (Å²) in [6.45, 7) is 3.84. The van der Waals surface area contributed by atoms with E-state index in [1.807, 2.05) is 13.8 Å². The Morgan fingerprint density at radius 1 is 0.766 bits per heavy atom. The van der Waals surface area contributed by atoms with Crippen LogP contribution in [0.25, 0.3) is 0 Å². The van der Waals surface area contributed by atoms with Crippen molar-refractivity contribution in [1.82, 2.24) is 31.9 Å². The number of guanidine groups is 1. The summed E-state index contributed by atoms with van der Waals surface area (Å²) in [5, 5.41) is 15.8. The molecule has 0 bridgehead atoms. The molecule has 14 N–H and O–H groups in total. The molecule has 4 atom stereocenters. The number of carbonyl (C=O) groups is 6. The van der Waals surface area contributed by atoms with Crippen molar-refractivity contribution >= 4 is 41.4 Å². The van der Waals surface area contributed by atoms with Gasteiger partial charge in [0.05, 0.1) is 13.2 Å². The van der Waals surface area contributed by atoms with Gasteiger partial charge in [-0.05, 0) is 64.0 Å². The molecule has 268 valence electrons. The lowest BCUT2D eigenvalue weighted by molar-refractivity contribution is -0.134. The first kappa shape index (κ1) is 41.0. The Bertz CT molecular complexity index is 1050. The van der Waals surface area contributed by atoms with Gasteiger partial charge in [-0.25, -0.2) is 4.99 Å². The maximum atomic E-state index is 13.5. The molecule has 0 radical (unpaired) electrons. The predicted octanol–water partition coefficient (Wildman–Crippen LogP) is -3.50. The Labute approximate surface area is 276 Å². The lowest BCUT2D eigenvalue weighted by Gasteiger charge is -2.26. The normalized spacial score (nSPS) is 23.4. The van der Waals surface area contributed by atoms with E-state index in [-0.39, 0.29) is 63.9 Å². The van der Waals surface area contributed by atoms with Crippen LogP contribution in [0.5, 0.6) is 0 Å². The highest BCUT2D eigenvalue weighted by atomic mass is 16.5. The molecule has 0 saturated carbocycles. The zero-order valence-corrected chi connectivity index (χ0v) is 27.6. The van der Waals surface area contributed by atoms with Gasteiger partial charge in [0, 0.05) is 19.4 Å². The first-order chi connectivity index (χ1) is 22.4. The lowest BCUT2D eigenvalue weighted by atomic mass is 10.0. The van der Waals surface area contributed by atoms with Crippen LogP contribution in [-0.2, 0) is 33.5 Å². The molecular weight excluding hydrogens is 614 g/mol. The van der Waals surface area contributed by atoms with Gasteiger partial charge in [0.1, 0.15) is 30.9 Å². The van der Waals surface area contributed by atoms with Gasteiger partial charge in [0.2, 0.25) is 35.4 Å². The van der Waals surface area contributed by atoms with Crippen molar-refractivity contribution in [1.29, 1.82) is 0 Å². The largest absolute Gasteiger partial charge is 0.370 e. The quantitative estimate of drug-likeness (QED) is 0.0585. The van der Waals surface area contributed by atoms with Gasteiger partial charge in [-0.15, -0.1) is 0 Å². The average Bonchev–Trinajstić information content (AvgIpc) is 3.00.